The summed E-state index contributed by atoms with van der Waals surface area (Å²) in [7, 11) is 1.69. The molecule has 27 heavy (non-hydrogen) atoms. The van der Waals surface area contributed by atoms with Crippen LogP contribution in [0.3, 0.4) is 0 Å². The molecule has 0 aliphatic carbocycles. The van der Waals surface area contributed by atoms with Crippen LogP contribution in [0.15, 0.2) is 16.6 Å². The van der Waals surface area contributed by atoms with E-state index in [9.17, 15) is 9.59 Å². The van der Waals surface area contributed by atoms with Gasteiger partial charge in [-0.1, -0.05) is 32.9 Å². The molecule has 8 nitrogen and oxygen atoms in total. The summed E-state index contributed by atoms with van der Waals surface area (Å²) in [5, 5.41) is 7.74. The Labute approximate surface area is 158 Å². The topological polar surface area (TPSA) is 88.8 Å². The Bertz CT molecular complexity index is 811. The highest BCUT2D eigenvalue weighted by molar-refractivity contribution is 5.93. The van der Waals surface area contributed by atoms with Gasteiger partial charge in [0.25, 0.3) is 0 Å². The zero-order valence-corrected chi connectivity index (χ0v) is 16.4. The van der Waals surface area contributed by atoms with E-state index in [4.69, 9.17) is 9.15 Å². The molecule has 2 saturated heterocycles. The highest BCUT2D eigenvalue weighted by Crippen LogP contribution is 2.52. The first-order valence-corrected chi connectivity index (χ1v) is 9.30. The van der Waals surface area contributed by atoms with E-state index >= 15 is 0 Å². The zero-order valence-electron chi connectivity index (χ0n) is 16.4. The number of amides is 2. The van der Waals surface area contributed by atoms with Crippen molar-refractivity contribution in [1.29, 1.82) is 0 Å². The predicted octanol–water partition coefficient (Wildman–Crippen LogP) is 1.16. The molecule has 1 aromatic heterocycles. The van der Waals surface area contributed by atoms with Crippen molar-refractivity contribution in [2.24, 2.45) is 17.3 Å². The van der Waals surface area contributed by atoms with Crippen LogP contribution in [0.25, 0.3) is 0 Å². The number of carbonyl (C=O) groups is 2. The second-order valence-corrected chi connectivity index (χ2v) is 9.06. The molecule has 4 rings (SSSR count). The van der Waals surface area contributed by atoms with E-state index in [-0.39, 0.29) is 29.9 Å². The van der Waals surface area contributed by atoms with Crippen molar-refractivity contribution >= 4 is 11.8 Å². The fourth-order valence-electron chi connectivity index (χ4n) is 4.50. The Morgan fingerprint density at radius 2 is 2.15 bits per heavy atom. The van der Waals surface area contributed by atoms with Crippen molar-refractivity contribution in [2.75, 3.05) is 20.1 Å². The lowest BCUT2D eigenvalue weighted by atomic mass is 9.76. The van der Waals surface area contributed by atoms with Crippen molar-refractivity contribution in [3.8, 4) is 0 Å². The third-order valence-corrected chi connectivity index (χ3v) is 5.45. The molecular formula is C19H26N4O4. The van der Waals surface area contributed by atoms with Gasteiger partial charge in [-0.3, -0.25) is 9.59 Å². The molecule has 0 saturated carbocycles. The fourth-order valence-corrected chi connectivity index (χ4v) is 4.50. The number of aryl methyl sites for hydroxylation is 1. The van der Waals surface area contributed by atoms with Crippen LogP contribution >= 0.6 is 0 Å². The predicted molar refractivity (Wildman–Crippen MR) is 95.3 cm³/mol. The van der Waals surface area contributed by atoms with Gasteiger partial charge in [-0.05, 0) is 5.41 Å². The summed E-state index contributed by atoms with van der Waals surface area (Å²) in [5.74, 6) is -0.254. The highest BCUT2D eigenvalue weighted by Gasteiger charge is 2.67. The van der Waals surface area contributed by atoms with Gasteiger partial charge in [0.2, 0.25) is 23.6 Å². The molecule has 2 amide bonds. The molecule has 0 N–H and O–H groups in total. The smallest absolute Gasteiger partial charge is 0.235 e. The molecule has 4 heterocycles. The maximum atomic E-state index is 13.2. The van der Waals surface area contributed by atoms with Crippen molar-refractivity contribution in [3.05, 3.63) is 23.9 Å². The second-order valence-electron chi connectivity index (χ2n) is 9.06. The summed E-state index contributed by atoms with van der Waals surface area (Å²) in [6, 6.07) is 0. The molecule has 146 valence electrons. The maximum absolute atomic E-state index is 13.2. The number of ether oxygens (including phenoxy) is 1. The fraction of sp³-hybridized carbons (Fsp3) is 0.684. The number of fused-ring (bicyclic) bond motifs is 1. The van der Waals surface area contributed by atoms with Crippen LogP contribution in [0.5, 0.6) is 0 Å². The molecule has 0 aromatic carbocycles. The summed E-state index contributed by atoms with van der Waals surface area (Å²) in [4.78, 5) is 29.7. The lowest BCUT2D eigenvalue weighted by Crippen LogP contribution is -2.45. The van der Waals surface area contributed by atoms with Gasteiger partial charge in [-0.15, -0.1) is 10.2 Å². The van der Waals surface area contributed by atoms with Crippen molar-refractivity contribution in [1.82, 2.24) is 20.0 Å². The van der Waals surface area contributed by atoms with Gasteiger partial charge in [0, 0.05) is 20.5 Å². The monoisotopic (exact) mass is 374 g/mol. The largest absolute Gasteiger partial charge is 0.424 e. The summed E-state index contributed by atoms with van der Waals surface area (Å²) < 4.78 is 11.5. The summed E-state index contributed by atoms with van der Waals surface area (Å²) in [5.41, 5.74) is -0.686. The molecule has 2 fully saturated rings. The number of rotatable bonds is 4. The van der Waals surface area contributed by atoms with Gasteiger partial charge in [0.15, 0.2) is 0 Å². The van der Waals surface area contributed by atoms with E-state index in [1.165, 1.54) is 0 Å². The van der Waals surface area contributed by atoms with Crippen LogP contribution in [0.4, 0.5) is 0 Å². The number of hydrogen-bond donors (Lipinski definition) is 0. The van der Waals surface area contributed by atoms with Gasteiger partial charge < -0.3 is 19.0 Å². The minimum Gasteiger partial charge on any atom is -0.424 e. The van der Waals surface area contributed by atoms with Crippen LogP contribution in [0, 0.1) is 24.2 Å². The van der Waals surface area contributed by atoms with Crippen molar-refractivity contribution in [2.45, 2.75) is 45.9 Å². The van der Waals surface area contributed by atoms with Gasteiger partial charge in [0.1, 0.15) is 5.60 Å². The van der Waals surface area contributed by atoms with E-state index < -0.39 is 17.4 Å². The van der Waals surface area contributed by atoms with E-state index in [1.807, 2.05) is 17.1 Å². The Kier molecular flexibility index (Phi) is 3.96. The number of carbonyl (C=O) groups excluding carboxylic acids is 2. The second kappa shape index (κ2) is 5.89. The summed E-state index contributed by atoms with van der Waals surface area (Å²) in [6.45, 7) is 9.37. The minimum absolute atomic E-state index is 0.0113. The number of nitrogens with zero attached hydrogens (tertiary/aromatic N) is 4. The number of likely N-dealkylation sites (tertiary alicyclic amines) is 1. The van der Waals surface area contributed by atoms with Crippen molar-refractivity contribution in [3.63, 3.8) is 0 Å². The van der Waals surface area contributed by atoms with Gasteiger partial charge in [0.05, 0.1) is 31.0 Å². The first kappa shape index (κ1) is 18.2. The Morgan fingerprint density at radius 1 is 1.41 bits per heavy atom. The van der Waals surface area contributed by atoms with Crippen LogP contribution in [-0.2, 0) is 20.9 Å². The molecule has 3 aliphatic rings. The molecule has 1 aromatic rings. The zero-order chi connectivity index (χ0) is 19.6. The third-order valence-electron chi connectivity index (χ3n) is 5.45. The van der Waals surface area contributed by atoms with Crippen LogP contribution in [-0.4, -0.2) is 63.7 Å². The van der Waals surface area contributed by atoms with Crippen LogP contribution < -0.4 is 0 Å². The molecule has 8 heteroatoms. The van der Waals surface area contributed by atoms with Gasteiger partial charge >= 0.3 is 0 Å². The van der Waals surface area contributed by atoms with Crippen LogP contribution in [0.2, 0.25) is 0 Å². The quantitative estimate of drug-likeness (QED) is 0.735. The van der Waals surface area contributed by atoms with Gasteiger partial charge in [-0.2, -0.15) is 0 Å². The van der Waals surface area contributed by atoms with E-state index in [1.54, 1.807) is 18.9 Å². The molecule has 0 radical (unpaired) electrons. The normalized spacial score (nSPS) is 31.7. The molecule has 1 spiro atoms. The van der Waals surface area contributed by atoms with Crippen LogP contribution in [0.1, 0.15) is 32.6 Å². The lowest BCUT2D eigenvalue weighted by Gasteiger charge is -2.29. The summed E-state index contributed by atoms with van der Waals surface area (Å²) in [6.07, 6.45) is 3.56. The van der Waals surface area contributed by atoms with Gasteiger partial charge in [-0.25, -0.2) is 0 Å². The van der Waals surface area contributed by atoms with E-state index in [0.29, 0.717) is 24.9 Å². The average molecular weight is 374 g/mol. The Balaban J connectivity index is 1.54. The van der Waals surface area contributed by atoms with Crippen molar-refractivity contribution < 1.29 is 18.7 Å². The molecule has 2 bridgehead atoms. The molecule has 2 unspecified atom stereocenters. The minimum atomic E-state index is -0.671. The first-order chi connectivity index (χ1) is 12.6. The Hall–Kier alpha value is -2.22. The number of aromatic nitrogens is 2. The Morgan fingerprint density at radius 3 is 2.78 bits per heavy atom. The third kappa shape index (κ3) is 2.96. The SMILES string of the molecule is Cc1nnc(CN(C)C(=O)C2C3C(=O)N(CC(C)(C)C)C[C@@]34C=C[C@@H]2O4)o1. The lowest BCUT2D eigenvalue weighted by molar-refractivity contribution is -0.143. The van der Waals surface area contributed by atoms with E-state index in [0.717, 1.165) is 0 Å². The number of hydrogen-bond acceptors (Lipinski definition) is 6. The van der Waals surface area contributed by atoms with E-state index in [2.05, 4.69) is 31.0 Å². The molecule has 3 aliphatic heterocycles. The average Bonchev–Trinajstić information content (AvgIpc) is 3.28. The molecular weight excluding hydrogens is 348 g/mol. The first-order valence-electron chi connectivity index (χ1n) is 9.30. The molecule has 4 atom stereocenters. The highest BCUT2D eigenvalue weighted by atomic mass is 16.5. The summed E-state index contributed by atoms with van der Waals surface area (Å²) >= 11 is 0. The maximum Gasteiger partial charge on any atom is 0.235 e. The standard InChI is InChI=1S/C19H26N4O4/c1-11-20-21-13(26-11)8-22(5)16(24)14-12-6-7-19(27-12)10-23(9-18(2,3)4)17(25)15(14)19/h6-7,12,14-15H,8-10H2,1-5H3/t12-,14?,15?,19-/m0/s1.